The Balaban J connectivity index is 2.60. The van der Waals surface area contributed by atoms with Crippen LogP contribution in [-0.2, 0) is 4.79 Å². The third-order valence-electron chi connectivity index (χ3n) is 2.90. The van der Waals surface area contributed by atoms with Crippen molar-refractivity contribution in [3.05, 3.63) is 29.8 Å². The second-order valence-electron chi connectivity index (χ2n) is 4.66. The average Bonchev–Trinajstić information content (AvgIpc) is 2.39. The Morgan fingerprint density at radius 1 is 1.16 bits per heavy atom. The number of rotatable bonds is 6. The zero-order valence-electron chi connectivity index (χ0n) is 11.8. The molecule has 0 bridgehead atoms. The molecule has 0 aliphatic heterocycles. The van der Waals surface area contributed by atoms with Gasteiger partial charge in [0.2, 0.25) is 5.91 Å². The van der Waals surface area contributed by atoms with E-state index in [9.17, 15) is 9.59 Å². The lowest BCUT2D eigenvalue weighted by atomic mass is 10.1. The van der Waals surface area contributed by atoms with E-state index < -0.39 is 0 Å². The molecule has 0 radical (unpaired) electrons. The molecular formula is C15H22N2O2. The molecule has 1 aromatic rings. The van der Waals surface area contributed by atoms with Crippen molar-refractivity contribution in [1.29, 1.82) is 0 Å². The topological polar surface area (TPSA) is 58.2 Å². The highest BCUT2D eigenvalue weighted by Crippen LogP contribution is 2.10. The van der Waals surface area contributed by atoms with Crippen LogP contribution in [0.2, 0.25) is 0 Å². The van der Waals surface area contributed by atoms with E-state index in [1.807, 2.05) is 20.8 Å². The first-order valence-corrected chi connectivity index (χ1v) is 6.77. The molecule has 1 rings (SSSR count). The van der Waals surface area contributed by atoms with Crippen LogP contribution in [0.5, 0.6) is 0 Å². The molecule has 2 amide bonds. The van der Waals surface area contributed by atoms with Crippen molar-refractivity contribution < 1.29 is 9.59 Å². The van der Waals surface area contributed by atoms with Gasteiger partial charge in [0.05, 0.1) is 0 Å². The lowest BCUT2D eigenvalue weighted by Gasteiger charge is -2.11. The number of hydrogen-bond donors (Lipinski definition) is 2. The summed E-state index contributed by atoms with van der Waals surface area (Å²) in [5.41, 5.74) is 1.33. The summed E-state index contributed by atoms with van der Waals surface area (Å²) in [6.07, 6.45) is 2.23. The molecule has 0 unspecified atom stereocenters. The molecule has 0 aliphatic carbocycles. The van der Waals surface area contributed by atoms with Gasteiger partial charge < -0.3 is 10.6 Å². The maximum atomic E-state index is 11.9. The van der Waals surface area contributed by atoms with Gasteiger partial charge in [0.1, 0.15) is 0 Å². The fourth-order valence-electron chi connectivity index (χ4n) is 1.56. The summed E-state index contributed by atoms with van der Waals surface area (Å²) in [7, 11) is 0. The molecule has 0 saturated carbocycles. The standard InChI is InChI=1S/C15H22N2O2/c1-4-6-14(18)17-13-9-7-12(8-10-13)15(19)16-11(3)5-2/h7-11H,4-6H2,1-3H3,(H,16,19)(H,17,18)/t11-/m1/s1. The first-order chi connectivity index (χ1) is 9.06. The molecule has 1 atom stereocenters. The van der Waals surface area contributed by atoms with Crippen LogP contribution < -0.4 is 10.6 Å². The molecule has 0 spiro atoms. The average molecular weight is 262 g/mol. The van der Waals surface area contributed by atoms with E-state index in [1.165, 1.54) is 0 Å². The second kappa shape index (κ2) is 7.56. The maximum absolute atomic E-state index is 11.9. The van der Waals surface area contributed by atoms with E-state index in [0.29, 0.717) is 12.0 Å². The van der Waals surface area contributed by atoms with Crippen molar-refractivity contribution in [2.24, 2.45) is 0 Å². The van der Waals surface area contributed by atoms with Crippen LogP contribution in [-0.4, -0.2) is 17.9 Å². The predicted octanol–water partition coefficient (Wildman–Crippen LogP) is 2.95. The molecule has 2 N–H and O–H groups in total. The Kier molecular flexibility index (Phi) is 6.06. The number of anilines is 1. The number of carbonyl (C=O) groups is 2. The number of nitrogens with one attached hydrogen (secondary N) is 2. The Labute approximate surface area is 114 Å². The number of amides is 2. The van der Waals surface area contributed by atoms with E-state index in [4.69, 9.17) is 0 Å². The molecule has 19 heavy (non-hydrogen) atoms. The summed E-state index contributed by atoms with van der Waals surface area (Å²) in [5.74, 6) is -0.0832. The molecule has 0 fully saturated rings. The highest BCUT2D eigenvalue weighted by molar-refractivity contribution is 5.95. The third-order valence-corrected chi connectivity index (χ3v) is 2.90. The van der Waals surface area contributed by atoms with Crippen molar-refractivity contribution >= 4 is 17.5 Å². The minimum absolute atomic E-state index is 0.000642. The van der Waals surface area contributed by atoms with Crippen LogP contribution in [0.1, 0.15) is 50.4 Å². The normalized spacial score (nSPS) is 11.7. The maximum Gasteiger partial charge on any atom is 0.251 e. The molecule has 4 heteroatoms. The predicted molar refractivity (Wildman–Crippen MR) is 77.2 cm³/mol. The van der Waals surface area contributed by atoms with Gasteiger partial charge in [-0.15, -0.1) is 0 Å². The van der Waals surface area contributed by atoms with Crippen LogP contribution in [0.3, 0.4) is 0 Å². The summed E-state index contributed by atoms with van der Waals surface area (Å²) >= 11 is 0. The van der Waals surface area contributed by atoms with Gasteiger partial charge in [-0.1, -0.05) is 13.8 Å². The van der Waals surface area contributed by atoms with E-state index in [2.05, 4.69) is 10.6 Å². The van der Waals surface area contributed by atoms with Gasteiger partial charge in [-0.25, -0.2) is 0 Å². The Morgan fingerprint density at radius 2 is 1.79 bits per heavy atom. The molecule has 4 nitrogen and oxygen atoms in total. The quantitative estimate of drug-likeness (QED) is 0.828. The van der Waals surface area contributed by atoms with Crippen LogP contribution >= 0.6 is 0 Å². The molecule has 1 aromatic carbocycles. The number of hydrogen-bond acceptors (Lipinski definition) is 2. The van der Waals surface area contributed by atoms with Crippen LogP contribution in [0, 0.1) is 0 Å². The first-order valence-electron chi connectivity index (χ1n) is 6.77. The Bertz CT molecular complexity index is 426. The Morgan fingerprint density at radius 3 is 2.32 bits per heavy atom. The van der Waals surface area contributed by atoms with Crippen molar-refractivity contribution in [3.63, 3.8) is 0 Å². The lowest BCUT2D eigenvalue weighted by Crippen LogP contribution is -2.31. The third kappa shape index (κ3) is 5.12. The van der Waals surface area contributed by atoms with Crippen molar-refractivity contribution in [2.45, 2.75) is 46.1 Å². The highest BCUT2D eigenvalue weighted by atomic mass is 16.2. The lowest BCUT2D eigenvalue weighted by molar-refractivity contribution is -0.116. The monoisotopic (exact) mass is 262 g/mol. The van der Waals surface area contributed by atoms with Gasteiger partial charge in [0.15, 0.2) is 0 Å². The number of benzene rings is 1. The zero-order chi connectivity index (χ0) is 14.3. The largest absolute Gasteiger partial charge is 0.350 e. The summed E-state index contributed by atoms with van der Waals surface area (Å²) < 4.78 is 0. The summed E-state index contributed by atoms with van der Waals surface area (Å²) in [6, 6.07) is 7.10. The van der Waals surface area contributed by atoms with Crippen molar-refractivity contribution in [1.82, 2.24) is 5.32 Å². The van der Waals surface area contributed by atoms with E-state index >= 15 is 0 Å². The van der Waals surface area contributed by atoms with Gasteiger partial charge in [0, 0.05) is 23.7 Å². The van der Waals surface area contributed by atoms with E-state index in [0.717, 1.165) is 18.5 Å². The van der Waals surface area contributed by atoms with Gasteiger partial charge in [-0.05, 0) is 44.0 Å². The Hall–Kier alpha value is -1.84. The molecule has 0 aromatic heterocycles. The SMILES string of the molecule is CCCC(=O)Nc1ccc(C(=O)N[C@H](C)CC)cc1. The van der Waals surface area contributed by atoms with Gasteiger partial charge in [0.25, 0.3) is 5.91 Å². The fourth-order valence-corrected chi connectivity index (χ4v) is 1.56. The summed E-state index contributed by atoms with van der Waals surface area (Å²) in [5, 5.41) is 5.69. The smallest absolute Gasteiger partial charge is 0.251 e. The van der Waals surface area contributed by atoms with Crippen molar-refractivity contribution in [2.75, 3.05) is 5.32 Å². The summed E-state index contributed by atoms with van der Waals surface area (Å²) in [4.78, 5) is 23.3. The van der Waals surface area contributed by atoms with Crippen LogP contribution in [0.4, 0.5) is 5.69 Å². The molecule has 104 valence electrons. The van der Waals surface area contributed by atoms with Crippen LogP contribution in [0.15, 0.2) is 24.3 Å². The minimum Gasteiger partial charge on any atom is -0.350 e. The molecule has 0 aliphatic rings. The number of carbonyl (C=O) groups excluding carboxylic acids is 2. The van der Waals surface area contributed by atoms with E-state index in [1.54, 1.807) is 24.3 Å². The second-order valence-corrected chi connectivity index (χ2v) is 4.66. The molecular weight excluding hydrogens is 240 g/mol. The van der Waals surface area contributed by atoms with Gasteiger partial charge >= 0.3 is 0 Å². The zero-order valence-corrected chi connectivity index (χ0v) is 11.8. The highest BCUT2D eigenvalue weighted by Gasteiger charge is 2.08. The minimum atomic E-state index is -0.0826. The molecule has 0 heterocycles. The van der Waals surface area contributed by atoms with E-state index in [-0.39, 0.29) is 17.9 Å². The fraction of sp³-hybridized carbons (Fsp3) is 0.467. The van der Waals surface area contributed by atoms with Crippen molar-refractivity contribution in [3.8, 4) is 0 Å². The van der Waals surface area contributed by atoms with Gasteiger partial charge in [-0.2, -0.15) is 0 Å². The summed E-state index contributed by atoms with van der Waals surface area (Å²) in [6.45, 7) is 5.95. The van der Waals surface area contributed by atoms with Gasteiger partial charge in [-0.3, -0.25) is 9.59 Å². The van der Waals surface area contributed by atoms with Crippen LogP contribution in [0.25, 0.3) is 0 Å². The molecule has 0 saturated heterocycles. The first kappa shape index (κ1) is 15.2.